The smallest absolute Gasteiger partial charge is 0.244 e. The predicted octanol–water partition coefficient (Wildman–Crippen LogP) is 1.97. The van der Waals surface area contributed by atoms with Crippen LogP contribution >= 0.6 is 11.6 Å². The minimum absolute atomic E-state index is 0.192. The van der Waals surface area contributed by atoms with Gasteiger partial charge in [0.2, 0.25) is 10.0 Å². The van der Waals surface area contributed by atoms with Crippen molar-refractivity contribution < 1.29 is 13.2 Å². The second-order valence-electron chi connectivity index (χ2n) is 4.89. The normalized spacial score (nSPS) is 19.2. The van der Waals surface area contributed by atoms with Crippen molar-refractivity contribution >= 4 is 21.6 Å². The molecule has 1 saturated heterocycles. The summed E-state index contributed by atoms with van der Waals surface area (Å²) in [5.74, 6) is 0.516. The van der Waals surface area contributed by atoms with Crippen molar-refractivity contribution in [3.05, 3.63) is 48.0 Å². The quantitative estimate of drug-likeness (QED) is 0.851. The van der Waals surface area contributed by atoms with Crippen LogP contribution in [-0.2, 0) is 10.0 Å². The molecule has 3 heterocycles. The number of halogens is 1. The van der Waals surface area contributed by atoms with Crippen molar-refractivity contribution in [2.24, 2.45) is 0 Å². The molecule has 2 aromatic heterocycles. The van der Waals surface area contributed by atoms with Crippen molar-refractivity contribution in [1.82, 2.24) is 14.3 Å². The van der Waals surface area contributed by atoms with E-state index in [-0.39, 0.29) is 17.5 Å². The van der Waals surface area contributed by atoms with Gasteiger partial charge in [-0.25, -0.2) is 8.42 Å². The third-order valence-electron chi connectivity index (χ3n) is 3.41. The van der Waals surface area contributed by atoms with Crippen LogP contribution in [0.2, 0.25) is 5.02 Å². The highest BCUT2D eigenvalue weighted by Crippen LogP contribution is 2.27. The van der Waals surface area contributed by atoms with Crippen molar-refractivity contribution in [3.63, 3.8) is 0 Å². The molecule has 0 N–H and O–H groups in total. The molecule has 0 aromatic carbocycles. The van der Waals surface area contributed by atoms with Gasteiger partial charge >= 0.3 is 0 Å². The molecule has 6 nitrogen and oxygen atoms in total. The molecule has 0 unspecified atom stereocenters. The largest absolute Gasteiger partial charge is 0.487 e. The Balaban J connectivity index is 1.72. The summed E-state index contributed by atoms with van der Waals surface area (Å²) < 4.78 is 32.2. The standard InChI is InChI=1S/C14H14ClN3O3S/c15-13-9-17-6-3-14(13)21-11-4-7-18(10-11)22(19,20)12-2-1-5-16-8-12/h1-3,5-6,8-9,11H,4,7,10H2/t11-/m0/s1. The van der Waals surface area contributed by atoms with E-state index < -0.39 is 10.0 Å². The van der Waals surface area contributed by atoms with Gasteiger partial charge in [-0.1, -0.05) is 11.6 Å². The summed E-state index contributed by atoms with van der Waals surface area (Å²) in [5.41, 5.74) is 0. The molecule has 1 atom stereocenters. The molecule has 0 amide bonds. The third kappa shape index (κ3) is 3.06. The van der Waals surface area contributed by atoms with Crippen LogP contribution in [0.4, 0.5) is 0 Å². The third-order valence-corrected chi connectivity index (χ3v) is 5.54. The molecule has 0 spiro atoms. The second kappa shape index (κ2) is 6.20. The monoisotopic (exact) mass is 339 g/mol. The summed E-state index contributed by atoms with van der Waals surface area (Å²) in [7, 11) is -3.53. The number of rotatable bonds is 4. The van der Waals surface area contributed by atoms with Gasteiger partial charge in [-0.15, -0.1) is 0 Å². The lowest BCUT2D eigenvalue weighted by Gasteiger charge is -2.17. The average molecular weight is 340 g/mol. The van der Waals surface area contributed by atoms with Crippen LogP contribution in [0, 0.1) is 0 Å². The summed E-state index contributed by atoms with van der Waals surface area (Å²) in [6.45, 7) is 0.695. The van der Waals surface area contributed by atoms with Gasteiger partial charge < -0.3 is 4.74 Å². The first-order valence-corrected chi connectivity index (χ1v) is 8.55. The molecule has 0 radical (unpaired) electrons. The zero-order valence-electron chi connectivity index (χ0n) is 11.6. The van der Waals surface area contributed by atoms with Gasteiger partial charge in [-0.3, -0.25) is 9.97 Å². The first-order chi connectivity index (χ1) is 10.6. The average Bonchev–Trinajstić information content (AvgIpc) is 3.00. The van der Waals surface area contributed by atoms with E-state index in [1.807, 2.05) is 0 Å². The zero-order valence-corrected chi connectivity index (χ0v) is 13.2. The Morgan fingerprint density at radius 1 is 1.23 bits per heavy atom. The van der Waals surface area contributed by atoms with E-state index in [0.29, 0.717) is 23.7 Å². The molecule has 1 aliphatic rings. The van der Waals surface area contributed by atoms with Crippen LogP contribution in [0.25, 0.3) is 0 Å². The van der Waals surface area contributed by atoms with Gasteiger partial charge in [0.25, 0.3) is 0 Å². The zero-order chi connectivity index (χ0) is 15.6. The summed E-state index contributed by atoms with van der Waals surface area (Å²) in [5, 5.41) is 0.413. The first kappa shape index (κ1) is 15.2. The van der Waals surface area contributed by atoms with Gasteiger partial charge in [-0.05, 0) is 18.6 Å². The van der Waals surface area contributed by atoms with E-state index in [0.717, 1.165) is 0 Å². The van der Waals surface area contributed by atoms with Gasteiger partial charge in [0, 0.05) is 37.4 Å². The fourth-order valence-corrected chi connectivity index (χ4v) is 3.91. The lowest BCUT2D eigenvalue weighted by molar-refractivity contribution is 0.215. The van der Waals surface area contributed by atoms with E-state index in [1.54, 1.807) is 24.5 Å². The predicted molar refractivity (Wildman–Crippen MR) is 81.3 cm³/mol. The first-order valence-electron chi connectivity index (χ1n) is 6.74. The lowest BCUT2D eigenvalue weighted by atomic mass is 10.3. The van der Waals surface area contributed by atoms with Crippen molar-refractivity contribution in [2.45, 2.75) is 17.4 Å². The van der Waals surface area contributed by atoms with E-state index >= 15 is 0 Å². The van der Waals surface area contributed by atoms with E-state index in [9.17, 15) is 8.42 Å². The van der Waals surface area contributed by atoms with E-state index in [2.05, 4.69) is 9.97 Å². The van der Waals surface area contributed by atoms with Crippen molar-refractivity contribution in [2.75, 3.05) is 13.1 Å². The maximum absolute atomic E-state index is 12.5. The maximum Gasteiger partial charge on any atom is 0.244 e. The van der Waals surface area contributed by atoms with Crippen molar-refractivity contribution in [3.8, 4) is 5.75 Å². The number of pyridine rings is 2. The number of sulfonamides is 1. The Morgan fingerprint density at radius 3 is 2.77 bits per heavy atom. The molecule has 1 aliphatic heterocycles. The van der Waals surface area contributed by atoms with Gasteiger partial charge in [-0.2, -0.15) is 4.31 Å². The van der Waals surface area contributed by atoms with E-state index in [4.69, 9.17) is 16.3 Å². The maximum atomic E-state index is 12.5. The van der Waals surface area contributed by atoms with Crippen LogP contribution in [0.5, 0.6) is 5.75 Å². The van der Waals surface area contributed by atoms with E-state index in [1.165, 1.54) is 22.8 Å². The van der Waals surface area contributed by atoms with Crippen LogP contribution in [0.1, 0.15) is 6.42 Å². The molecule has 0 bridgehead atoms. The highest BCUT2D eigenvalue weighted by atomic mass is 35.5. The number of nitrogens with zero attached hydrogens (tertiary/aromatic N) is 3. The topological polar surface area (TPSA) is 72.4 Å². The number of hydrogen-bond acceptors (Lipinski definition) is 5. The Kier molecular flexibility index (Phi) is 4.28. The highest BCUT2D eigenvalue weighted by Gasteiger charge is 2.33. The molecule has 22 heavy (non-hydrogen) atoms. The Hall–Kier alpha value is -1.70. The van der Waals surface area contributed by atoms with Gasteiger partial charge in [0.15, 0.2) is 0 Å². The Morgan fingerprint density at radius 2 is 2.05 bits per heavy atom. The summed E-state index contributed by atoms with van der Waals surface area (Å²) >= 11 is 6.00. The molecule has 8 heteroatoms. The minimum Gasteiger partial charge on any atom is -0.487 e. The number of aromatic nitrogens is 2. The molecule has 0 aliphatic carbocycles. The summed E-state index contributed by atoms with van der Waals surface area (Å²) in [6, 6.07) is 4.81. The molecule has 3 rings (SSSR count). The van der Waals surface area contributed by atoms with Crippen LogP contribution in [0.3, 0.4) is 0 Å². The second-order valence-corrected chi connectivity index (χ2v) is 7.23. The fraction of sp³-hybridized carbons (Fsp3) is 0.286. The highest BCUT2D eigenvalue weighted by molar-refractivity contribution is 7.89. The Labute approximate surface area is 133 Å². The fourth-order valence-electron chi connectivity index (χ4n) is 2.30. The molecule has 0 saturated carbocycles. The SMILES string of the molecule is O=S(=O)(c1cccnc1)N1CC[C@H](Oc2ccncc2Cl)C1. The number of ether oxygens (including phenoxy) is 1. The lowest BCUT2D eigenvalue weighted by Crippen LogP contribution is -2.31. The van der Waals surface area contributed by atoms with Crippen LogP contribution in [-0.4, -0.2) is 41.9 Å². The molecular weight excluding hydrogens is 326 g/mol. The van der Waals surface area contributed by atoms with Crippen LogP contribution < -0.4 is 4.74 Å². The summed E-state index contributed by atoms with van der Waals surface area (Å²) in [4.78, 5) is 7.94. The molecule has 116 valence electrons. The Bertz CT molecular complexity index is 755. The van der Waals surface area contributed by atoms with Gasteiger partial charge in [0.05, 0.1) is 6.54 Å². The van der Waals surface area contributed by atoms with Crippen molar-refractivity contribution in [1.29, 1.82) is 0 Å². The molecule has 2 aromatic rings. The van der Waals surface area contributed by atoms with Crippen LogP contribution in [0.15, 0.2) is 47.9 Å². The molecular formula is C14H14ClN3O3S. The summed E-state index contributed by atoms with van der Waals surface area (Å²) in [6.07, 6.45) is 6.35. The molecule has 1 fully saturated rings. The van der Waals surface area contributed by atoms with Gasteiger partial charge in [0.1, 0.15) is 21.8 Å². The number of hydrogen-bond donors (Lipinski definition) is 0. The minimum atomic E-state index is -3.53.